The van der Waals surface area contributed by atoms with E-state index in [4.69, 9.17) is 0 Å². The van der Waals surface area contributed by atoms with Crippen LogP contribution < -0.4 is 0 Å². The molecule has 0 amide bonds. The number of nitrogens with one attached hydrogen (secondary N) is 2. The lowest BCUT2D eigenvalue weighted by molar-refractivity contribution is -0.462. The zero-order chi connectivity index (χ0) is 19.1. The fourth-order valence-corrected chi connectivity index (χ4v) is 3.80. The molecule has 2 N–H and O–H groups in total. The molecule has 1 aliphatic rings. The van der Waals surface area contributed by atoms with Gasteiger partial charge >= 0.3 is 0 Å². The van der Waals surface area contributed by atoms with E-state index in [-0.39, 0.29) is 0 Å². The zero-order valence-corrected chi connectivity index (χ0v) is 16.0. The number of para-hydroxylation sites is 2. The zero-order valence-electron chi connectivity index (χ0n) is 16.0. The number of H-pyrrole nitrogens is 2. The van der Waals surface area contributed by atoms with Gasteiger partial charge in [-0.05, 0) is 42.0 Å². The highest BCUT2D eigenvalue weighted by Crippen LogP contribution is 2.32. The number of hydrogen-bond donors (Lipinski definition) is 2. The minimum Gasteiger partial charge on any atom is -0.354 e. The second-order valence-corrected chi connectivity index (χ2v) is 7.36. The number of aromatic amines is 2. The molecule has 5 rings (SSSR count). The van der Waals surface area contributed by atoms with Gasteiger partial charge in [-0.1, -0.05) is 36.4 Å². The van der Waals surface area contributed by atoms with E-state index in [0.29, 0.717) is 0 Å². The molecule has 2 aromatic carbocycles. The van der Waals surface area contributed by atoms with Crippen LogP contribution in [0.1, 0.15) is 11.4 Å². The van der Waals surface area contributed by atoms with Crippen molar-refractivity contribution in [1.82, 2.24) is 9.97 Å². The van der Waals surface area contributed by atoms with E-state index in [1.807, 2.05) is 0 Å². The second-order valence-electron chi connectivity index (χ2n) is 7.36. The van der Waals surface area contributed by atoms with Gasteiger partial charge < -0.3 is 9.97 Å². The van der Waals surface area contributed by atoms with E-state index in [1.165, 1.54) is 27.6 Å². The molecule has 0 radical (unpaired) electrons. The molecule has 0 aliphatic heterocycles. The van der Waals surface area contributed by atoms with Crippen molar-refractivity contribution in [2.45, 2.75) is 0 Å². The number of hydrogen-bond acceptors (Lipinski definition) is 0. The summed E-state index contributed by atoms with van der Waals surface area (Å²) in [6.07, 6.45) is 8.73. The van der Waals surface area contributed by atoms with Gasteiger partial charge in [-0.25, -0.2) is 4.58 Å². The Labute approximate surface area is 164 Å². The van der Waals surface area contributed by atoms with Crippen molar-refractivity contribution in [3.8, 4) is 0 Å². The Balaban J connectivity index is 1.75. The van der Waals surface area contributed by atoms with Crippen LogP contribution in [0.15, 0.2) is 90.5 Å². The summed E-state index contributed by atoms with van der Waals surface area (Å²) in [6, 6.07) is 21.3. The standard InChI is InChI=1S/C25H21N3/c1-28(2)20-13-11-17(12-14-20)25(23-15-18-7-3-5-9-21(18)26-23)24-16-19-8-4-6-10-22(19)27-24/h3-16H,1-2H3,(H,26,27)/p+1. The van der Waals surface area contributed by atoms with Gasteiger partial charge in [0, 0.05) is 50.9 Å². The van der Waals surface area contributed by atoms with Crippen molar-refractivity contribution >= 4 is 33.1 Å². The molecule has 0 bridgehead atoms. The first-order chi connectivity index (χ1) is 13.7. The van der Waals surface area contributed by atoms with Gasteiger partial charge in [-0.2, -0.15) is 0 Å². The lowest BCUT2D eigenvalue weighted by Gasteiger charge is -2.10. The van der Waals surface area contributed by atoms with Crippen LogP contribution in [0.3, 0.4) is 0 Å². The Bertz CT molecular complexity index is 1160. The van der Waals surface area contributed by atoms with E-state index < -0.39 is 0 Å². The van der Waals surface area contributed by atoms with Gasteiger partial charge in [0.2, 0.25) is 0 Å². The van der Waals surface area contributed by atoms with Crippen molar-refractivity contribution in [3.63, 3.8) is 0 Å². The van der Waals surface area contributed by atoms with Gasteiger partial charge in [0.15, 0.2) is 5.71 Å². The molecule has 3 heteroatoms. The monoisotopic (exact) mass is 364 g/mol. The molecule has 0 saturated carbocycles. The normalized spacial score (nSPS) is 13.6. The van der Waals surface area contributed by atoms with E-state index >= 15 is 0 Å². The summed E-state index contributed by atoms with van der Waals surface area (Å²) >= 11 is 0. The van der Waals surface area contributed by atoms with E-state index in [1.54, 1.807) is 0 Å². The quantitative estimate of drug-likeness (QED) is 0.453. The van der Waals surface area contributed by atoms with Crippen molar-refractivity contribution in [2.75, 3.05) is 14.1 Å². The van der Waals surface area contributed by atoms with Crippen molar-refractivity contribution < 1.29 is 4.58 Å². The minimum absolute atomic E-state index is 1.12. The molecule has 136 valence electrons. The van der Waals surface area contributed by atoms with Crippen LogP contribution in [0.5, 0.6) is 0 Å². The summed E-state index contributed by atoms with van der Waals surface area (Å²) < 4.78 is 2.12. The minimum atomic E-state index is 1.12. The number of benzene rings is 2. The molecule has 2 aromatic heterocycles. The first kappa shape index (κ1) is 16.6. The number of nitrogens with zero attached hydrogens (tertiary/aromatic N) is 1. The Morgan fingerprint density at radius 1 is 0.679 bits per heavy atom. The summed E-state index contributed by atoms with van der Waals surface area (Å²) in [7, 11) is 4.13. The molecule has 3 nitrogen and oxygen atoms in total. The van der Waals surface area contributed by atoms with Gasteiger partial charge in [-0.15, -0.1) is 0 Å². The summed E-state index contributed by atoms with van der Waals surface area (Å²) in [6.45, 7) is 0. The van der Waals surface area contributed by atoms with Gasteiger partial charge in [-0.3, -0.25) is 0 Å². The third kappa shape index (κ3) is 2.81. The van der Waals surface area contributed by atoms with Crippen LogP contribution in [0.2, 0.25) is 0 Å². The fraction of sp³-hybridized carbons (Fsp3) is 0.0800. The lowest BCUT2D eigenvalue weighted by atomic mass is 9.97. The van der Waals surface area contributed by atoms with Gasteiger partial charge in [0.25, 0.3) is 0 Å². The molecular weight excluding hydrogens is 342 g/mol. The molecule has 0 atom stereocenters. The van der Waals surface area contributed by atoms with Crippen LogP contribution in [-0.2, 0) is 0 Å². The molecule has 4 aromatic rings. The van der Waals surface area contributed by atoms with Crippen molar-refractivity contribution in [2.24, 2.45) is 0 Å². The fourth-order valence-electron chi connectivity index (χ4n) is 3.80. The van der Waals surface area contributed by atoms with Gasteiger partial charge in [0.05, 0.1) is 0 Å². The van der Waals surface area contributed by atoms with E-state index in [2.05, 4.69) is 114 Å². The maximum absolute atomic E-state index is 3.61. The smallest absolute Gasteiger partial charge is 0.199 e. The Morgan fingerprint density at radius 2 is 1.18 bits per heavy atom. The SMILES string of the molecule is C[N+](C)=C1C=CC(=C(c2cc3ccccc3[nH]2)c2cc3ccccc3[nH]2)C=C1. The van der Waals surface area contributed by atoms with Crippen LogP contribution >= 0.6 is 0 Å². The lowest BCUT2D eigenvalue weighted by Crippen LogP contribution is -2.10. The number of aromatic nitrogens is 2. The number of allylic oxidation sites excluding steroid dienone is 5. The van der Waals surface area contributed by atoms with Gasteiger partial charge in [0.1, 0.15) is 14.1 Å². The number of fused-ring (bicyclic) bond motifs is 2. The molecule has 0 unspecified atom stereocenters. The maximum atomic E-state index is 3.61. The average molecular weight is 364 g/mol. The number of rotatable bonds is 2. The Morgan fingerprint density at radius 3 is 1.64 bits per heavy atom. The van der Waals surface area contributed by atoms with Crippen LogP contribution in [0, 0.1) is 0 Å². The molecule has 0 spiro atoms. The predicted molar refractivity (Wildman–Crippen MR) is 118 cm³/mol. The molecule has 1 aliphatic carbocycles. The van der Waals surface area contributed by atoms with E-state index in [0.717, 1.165) is 22.4 Å². The van der Waals surface area contributed by atoms with Crippen molar-refractivity contribution in [1.29, 1.82) is 0 Å². The molecule has 2 heterocycles. The molecule has 28 heavy (non-hydrogen) atoms. The second kappa shape index (κ2) is 6.54. The maximum Gasteiger partial charge on any atom is 0.199 e. The van der Waals surface area contributed by atoms with Crippen molar-refractivity contribution in [3.05, 3.63) is 102 Å². The Hall–Kier alpha value is -3.59. The third-order valence-electron chi connectivity index (χ3n) is 5.27. The van der Waals surface area contributed by atoms with Crippen LogP contribution in [0.25, 0.3) is 27.4 Å². The highest BCUT2D eigenvalue weighted by molar-refractivity contribution is 6.04. The predicted octanol–water partition coefficient (Wildman–Crippen LogP) is 5.29. The molecule has 0 fully saturated rings. The average Bonchev–Trinajstić information content (AvgIpc) is 3.32. The largest absolute Gasteiger partial charge is 0.354 e. The Kier molecular flexibility index (Phi) is 3.87. The highest BCUT2D eigenvalue weighted by Gasteiger charge is 2.16. The van der Waals surface area contributed by atoms with Crippen LogP contribution in [-0.4, -0.2) is 34.4 Å². The molecule has 0 saturated heterocycles. The molecular formula is C25H22N3+. The van der Waals surface area contributed by atoms with E-state index in [9.17, 15) is 0 Å². The first-order valence-corrected chi connectivity index (χ1v) is 9.50. The summed E-state index contributed by atoms with van der Waals surface area (Å²) in [5, 5.41) is 2.44. The summed E-state index contributed by atoms with van der Waals surface area (Å²) in [5.74, 6) is 0. The van der Waals surface area contributed by atoms with Crippen LogP contribution in [0.4, 0.5) is 0 Å². The topological polar surface area (TPSA) is 34.6 Å². The first-order valence-electron chi connectivity index (χ1n) is 9.50. The third-order valence-corrected chi connectivity index (χ3v) is 5.27. The summed E-state index contributed by atoms with van der Waals surface area (Å²) in [4.78, 5) is 7.21. The summed E-state index contributed by atoms with van der Waals surface area (Å²) in [5.41, 5.74) is 8.08. The highest BCUT2D eigenvalue weighted by atomic mass is 14.9.